The van der Waals surface area contributed by atoms with Gasteiger partial charge in [-0.1, -0.05) is 35.9 Å². The quantitative estimate of drug-likeness (QED) is 0.898. The molecule has 2 rings (SSSR count). The van der Waals surface area contributed by atoms with Crippen molar-refractivity contribution in [2.75, 3.05) is 0 Å². The first kappa shape index (κ1) is 14.0. The van der Waals surface area contributed by atoms with Gasteiger partial charge in [-0.15, -0.1) is 0 Å². The Balaban J connectivity index is 2.28. The maximum atomic E-state index is 13.6. The Morgan fingerprint density at radius 1 is 1.16 bits per heavy atom. The maximum Gasteiger partial charge on any atom is 0.127 e. The lowest BCUT2D eigenvalue weighted by molar-refractivity contribution is 0.591. The van der Waals surface area contributed by atoms with Gasteiger partial charge in [0.2, 0.25) is 0 Å². The SMILES string of the molecule is Cc1cc(C(N)Cc2ccccc2F)c(Cl)cc1F. The highest BCUT2D eigenvalue weighted by Crippen LogP contribution is 2.27. The van der Waals surface area contributed by atoms with Crippen LogP contribution in [0.2, 0.25) is 5.02 Å². The van der Waals surface area contributed by atoms with E-state index in [2.05, 4.69) is 0 Å². The Hall–Kier alpha value is -1.45. The van der Waals surface area contributed by atoms with Gasteiger partial charge < -0.3 is 5.73 Å². The van der Waals surface area contributed by atoms with Crippen LogP contribution < -0.4 is 5.73 Å². The second-order valence-electron chi connectivity index (χ2n) is 4.52. The summed E-state index contributed by atoms with van der Waals surface area (Å²) in [4.78, 5) is 0. The van der Waals surface area contributed by atoms with Crippen LogP contribution >= 0.6 is 11.6 Å². The summed E-state index contributed by atoms with van der Waals surface area (Å²) in [5.74, 6) is -0.667. The van der Waals surface area contributed by atoms with E-state index in [0.29, 0.717) is 23.1 Å². The highest BCUT2D eigenvalue weighted by molar-refractivity contribution is 6.31. The van der Waals surface area contributed by atoms with Crippen LogP contribution in [0.1, 0.15) is 22.7 Å². The summed E-state index contributed by atoms with van der Waals surface area (Å²) in [6.07, 6.45) is 0.317. The zero-order valence-corrected chi connectivity index (χ0v) is 11.2. The molecule has 0 saturated heterocycles. The number of aryl methyl sites for hydroxylation is 1. The predicted octanol–water partition coefficient (Wildman–Crippen LogP) is 4.17. The molecule has 19 heavy (non-hydrogen) atoms. The van der Waals surface area contributed by atoms with Crippen molar-refractivity contribution < 1.29 is 8.78 Å². The van der Waals surface area contributed by atoms with Crippen molar-refractivity contribution in [3.63, 3.8) is 0 Å². The van der Waals surface area contributed by atoms with Crippen molar-refractivity contribution in [3.05, 3.63) is 69.7 Å². The first-order valence-corrected chi connectivity index (χ1v) is 6.31. The van der Waals surface area contributed by atoms with Crippen LogP contribution in [0.3, 0.4) is 0 Å². The molecule has 0 aliphatic carbocycles. The minimum Gasteiger partial charge on any atom is -0.324 e. The second-order valence-corrected chi connectivity index (χ2v) is 4.93. The molecule has 0 aliphatic rings. The van der Waals surface area contributed by atoms with Gasteiger partial charge in [-0.05, 0) is 42.2 Å². The molecule has 2 N–H and O–H groups in total. The fraction of sp³-hybridized carbons (Fsp3) is 0.200. The third-order valence-corrected chi connectivity index (χ3v) is 3.40. The van der Waals surface area contributed by atoms with Gasteiger partial charge in [0.05, 0.1) is 0 Å². The molecule has 2 aromatic carbocycles. The molecule has 1 nitrogen and oxygen atoms in total. The van der Waals surface area contributed by atoms with Crippen molar-refractivity contribution in [3.8, 4) is 0 Å². The Morgan fingerprint density at radius 2 is 1.84 bits per heavy atom. The highest BCUT2D eigenvalue weighted by Gasteiger charge is 2.15. The van der Waals surface area contributed by atoms with Crippen molar-refractivity contribution in [2.45, 2.75) is 19.4 Å². The van der Waals surface area contributed by atoms with Gasteiger partial charge in [0.1, 0.15) is 11.6 Å². The number of benzene rings is 2. The number of hydrogen-bond donors (Lipinski definition) is 1. The molecule has 0 amide bonds. The molecule has 1 atom stereocenters. The van der Waals surface area contributed by atoms with E-state index in [4.69, 9.17) is 17.3 Å². The minimum atomic E-state index is -0.469. The van der Waals surface area contributed by atoms with Gasteiger partial charge in [-0.3, -0.25) is 0 Å². The predicted molar refractivity (Wildman–Crippen MR) is 73.2 cm³/mol. The number of hydrogen-bond acceptors (Lipinski definition) is 1. The molecule has 0 aliphatic heterocycles. The van der Waals surface area contributed by atoms with Crippen LogP contribution in [-0.4, -0.2) is 0 Å². The molecule has 0 aromatic heterocycles. The second kappa shape index (κ2) is 5.68. The molecule has 4 heteroatoms. The Labute approximate surface area is 116 Å². The molecule has 1 unspecified atom stereocenters. The third kappa shape index (κ3) is 3.11. The normalized spacial score (nSPS) is 12.5. The summed E-state index contributed by atoms with van der Waals surface area (Å²) in [5.41, 5.74) is 7.67. The molecular formula is C15H14ClF2N. The topological polar surface area (TPSA) is 26.0 Å². The smallest absolute Gasteiger partial charge is 0.127 e. The largest absolute Gasteiger partial charge is 0.324 e. The van der Waals surface area contributed by atoms with Gasteiger partial charge in [-0.25, -0.2) is 8.78 Å². The summed E-state index contributed by atoms with van der Waals surface area (Å²) in [6, 6.07) is 8.83. The molecule has 0 radical (unpaired) electrons. The number of nitrogens with two attached hydrogens (primary N) is 1. The summed E-state index contributed by atoms with van der Waals surface area (Å²) in [6.45, 7) is 1.64. The minimum absolute atomic E-state index is 0.270. The van der Waals surface area contributed by atoms with E-state index in [1.54, 1.807) is 31.2 Å². The number of rotatable bonds is 3. The summed E-state index contributed by atoms with van der Waals surface area (Å²) >= 11 is 5.99. The lowest BCUT2D eigenvalue weighted by Gasteiger charge is -2.15. The summed E-state index contributed by atoms with van der Waals surface area (Å²) < 4.78 is 26.9. The fourth-order valence-corrected chi connectivity index (χ4v) is 2.27. The standard InChI is InChI=1S/C15H14ClF2N/c1-9-6-11(12(16)8-14(9)18)15(19)7-10-4-2-3-5-13(10)17/h2-6,8,15H,7,19H2,1H3. The average molecular weight is 282 g/mol. The molecule has 100 valence electrons. The Bertz CT molecular complexity index is 599. The van der Waals surface area contributed by atoms with Crippen LogP contribution in [0.25, 0.3) is 0 Å². The van der Waals surface area contributed by atoms with E-state index >= 15 is 0 Å². The van der Waals surface area contributed by atoms with Crippen LogP contribution in [0.15, 0.2) is 36.4 Å². The zero-order valence-electron chi connectivity index (χ0n) is 10.5. The van der Waals surface area contributed by atoms with Crippen molar-refractivity contribution in [1.29, 1.82) is 0 Å². The Kier molecular flexibility index (Phi) is 4.17. The first-order valence-electron chi connectivity index (χ1n) is 5.93. The Morgan fingerprint density at radius 3 is 2.53 bits per heavy atom. The van der Waals surface area contributed by atoms with Crippen LogP contribution in [0, 0.1) is 18.6 Å². The maximum absolute atomic E-state index is 13.6. The fourth-order valence-electron chi connectivity index (χ4n) is 1.97. The summed E-state index contributed by atoms with van der Waals surface area (Å²) in [5, 5.41) is 0.270. The van der Waals surface area contributed by atoms with E-state index in [0.717, 1.165) is 0 Å². The molecular weight excluding hydrogens is 268 g/mol. The number of halogens is 3. The molecule has 2 aromatic rings. The third-order valence-electron chi connectivity index (χ3n) is 3.08. The van der Waals surface area contributed by atoms with Gasteiger partial charge in [0.15, 0.2) is 0 Å². The molecule has 0 spiro atoms. The monoisotopic (exact) mass is 281 g/mol. The highest BCUT2D eigenvalue weighted by atomic mass is 35.5. The van der Waals surface area contributed by atoms with Gasteiger partial charge in [0.25, 0.3) is 0 Å². The van der Waals surface area contributed by atoms with Crippen molar-refractivity contribution >= 4 is 11.6 Å². The zero-order chi connectivity index (χ0) is 14.0. The van der Waals surface area contributed by atoms with E-state index in [-0.39, 0.29) is 16.7 Å². The molecule has 0 bridgehead atoms. The van der Waals surface area contributed by atoms with E-state index in [9.17, 15) is 8.78 Å². The van der Waals surface area contributed by atoms with E-state index in [1.807, 2.05) is 0 Å². The van der Waals surface area contributed by atoms with Gasteiger partial charge in [0, 0.05) is 11.1 Å². The van der Waals surface area contributed by atoms with Gasteiger partial charge >= 0.3 is 0 Å². The average Bonchev–Trinajstić information content (AvgIpc) is 2.36. The molecule has 0 saturated carbocycles. The van der Waals surface area contributed by atoms with Gasteiger partial charge in [-0.2, -0.15) is 0 Å². The molecule has 0 fully saturated rings. The van der Waals surface area contributed by atoms with Crippen molar-refractivity contribution in [1.82, 2.24) is 0 Å². The lowest BCUT2D eigenvalue weighted by Crippen LogP contribution is -2.15. The van der Waals surface area contributed by atoms with E-state index < -0.39 is 6.04 Å². The van der Waals surface area contributed by atoms with Crippen molar-refractivity contribution in [2.24, 2.45) is 5.73 Å². The first-order chi connectivity index (χ1) is 8.99. The van der Waals surface area contributed by atoms with Crippen LogP contribution in [0.4, 0.5) is 8.78 Å². The van der Waals surface area contributed by atoms with Crippen LogP contribution in [-0.2, 0) is 6.42 Å². The van der Waals surface area contributed by atoms with E-state index in [1.165, 1.54) is 12.1 Å². The van der Waals surface area contributed by atoms with Crippen LogP contribution in [0.5, 0.6) is 0 Å². The summed E-state index contributed by atoms with van der Waals surface area (Å²) in [7, 11) is 0. The lowest BCUT2D eigenvalue weighted by atomic mass is 9.98. The molecule has 0 heterocycles.